The molecule has 0 amide bonds. The Hall–Kier alpha value is -1.91. The first-order valence-corrected chi connectivity index (χ1v) is 5.45. The molecule has 1 aromatic carbocycles. The van der Waals surface area contributed by atoms with Gasteiger partial charge in [0.15, 0.2) is 11.5 Å². The molecule has 0 bridgehead atoms. The number of nitrogen functional groups attached to an aromatic ring is 1. The molecule has 0 unspecified atom stereocenters. The molecular formula is C12H15NO4. The number of carboxylic acids is 1. The van der Waals surface area contributed by atoms with E-state index in [0.717, 1.165) is 0 Å². The second-order valence-electron chi connectivity index (χ2n) is 4.15. The maximum atomic E-state index is 10.9. The third-order valence-corrected chi connectivity index (χ3v) is 2.74. The van der Waals surface area contributed by atoms with Gasteiger partial charge in [0.2, 0.25) is 0 Å². The molecule has 0 heterocycles. The molecule has 0 aliphatic heterocycles. The van der Waals surface area contributed by atoms with Crippen LogP contribution in [-0.4, -0.2) is 24.8 Å². The van der Waals surface area contributed by atoms with Crippen LogP contribution < -0.4 is 15.2 Å². The molecule has 3 N–H and O–H groups in total. The number of nitrogens with two attached hydrogens (primary N) is 1. The van der Waals surface area contributed by atoms with Gasteiger partial charge in [0.05, 0.1) is 25.0 Å². The number of hydrogen-bond donors (Lipinski definition) is 2. The fraction of sp³-hybridized carbons (Fsp3) is 0.417. The lowest BCUT2D eigenvalue weighted by atomic mass is 10.1. The third kappa shape index (κ3) is 2.61. The zero-order valence-electron chi connectivity index (χ0n) is 9.60. The highest BCUT2D eigenvalue weighted by atomic mass is 16.5. The van der Waals surface area contributed by atoms with Crippen molar-refractivity contribution in [3.63, 3.8) is 0 Å². The maximum Gasteiger partial charge on any atom is 0.337 e. The second-order valence-corrected chi connectivity index (χ2v) is 4.15. The number of rotatable bonds is 5. The smallest absolute Gasteiger partial charge is 0.337 e. The summed E-state index contributed by atoms with van der Waals surface area (Å²) in [4.78, 5) is 10.9. The molecule has 5 nitrogen and oxygen atoms in total. The monoisotopic (exact) mass is 237 g/mol. The van der Waals surface area contributed by atoms with Crippen LogP contribution in [0, 0.1) is 5.92 Å². The van der Waals surface area contributed by atoms with E-state index >= 15 is 0 Å². The van der Waals surface area contributed by atoms with Crippen molar-refractivity contribution in [2.24, 2.45) is 5.92 Å². The Kier molecular flexibility index (Phi) is 3.08. The Morgan fingerprint density at radius 1 is 1.47 bits per heavy atom. The molecule has 1 aromatic rings. The largest absolute Gasteiger partial charge is 0.493 e. The van der Waals surface area contributed by atoms with Crippen LogP contribution in [0.1, 0.15) is 23.2 Å². The minimum atomic E-state index is -1.07. The lowest BCUT2D eigenvalue weighted by Crippen LogP contribution is -2.06. The van der Waals surface area contributed by atoms with Crippen LogP contribution in [0.4, 0.5) is 5.69 Å². The van der Waals surface area contributed by atoms with E-state index < -0.39 is 5.97 Å². The van der Waals surface area contributed by atoms with Gasteiger partial charge in [-0.25, -0.2) is 4.79 Å². The van der Waals surface area contributed by atoms with Crippen molar-refractivity contribution in [1.29, 1.82) is 0 Å². The van der Waals surface area contributed by atoms with E-state index in [4.69, 9.17) is 20.3 Å². The summed E-state index contributed by atoms with van der Waals surface area (Å²) in [5.74, 6) is 0.422. The van der Waals surface area contributed by atoms with Crippen LogP contribution in [-0.2, 0) is 0 Å². The SMILES string of the molecule is COc1cc(N)c(C(=O)O)cc1OCC1CC1. The van der Waals surface area contributed by atoms with E-state index in [0.29, 0.717) is 24.0 Å². The second kappa shape index (κ2) is 4.53. The molecule has 17 heavy (non-hydrogen) atoms. The van der Waals surface area contributed by atoms with E-state index in [1.165, 1.54) is 32.1 Å². The molecule has 0 radical (unpaired) electrons. The topological polar surface area (TPSA) is 81.8 Å². The normalized spacial score (nSPS) is 14.4. The summed E-state index contributed by atoms with van der Waals surface area (Å²) < 4.78 is 10.7. The van der Waals surface area contributed by atoms with E-state index in [1.807, 2.05) is 0 Å². The Morgan fingerprint density at radius 2 is 2.18 bits per heavy atom. The number of hydrogen-bond acceptors (Lipinski definition) is 4. The van der Waals surface area contributed by atoms with Crippen LogP contribution in [0.15, 0.2) is 12.1 Å². The Labute approximate surface area is 99.1 Å². The zero-order valence-corrected chi connectivity index (χ0v) is 9.60. The standard InChI is InChI=1S/C12H15NO4/c1-16-10-5-9(13)8(12(14)15)4-11(10)17-6-7-2-3-7/h4-5,7H,2-3,6,13H2,1H3,(H,14,15). The van der Waals surface area contributed by atoms with Gasteiger partial charge in [0, 0.05) is 12.1 Å². The number of aromatic carboxylic acids is 1. The van der Waals surface area contributed by atoms with Crippen molar-refractivity contribution in [3.05, 3.63) is 17.7 Å². The third-order valence-electron chi connectivity index (χ3n) is 2.74. The van der Waals surface area contributed by atoms with Gasteiger partial charge in [0.25, 0.3) is 0 Å². The Balaban J connectivity index is 2.25. The summed E-state index contributed by atoms with van der Waals surface area (Å²) in [6.45, 7) is 0.597. The van der Waals surface area contributed by atoms with Crippen LogP contribution in [0.25, 0.3) is 0 Å². The number of ether oxygens (including phenoxy) is 2. The van der Waals surface area contributed by atoms with Gasteiger partial charge in [0.1, 0.15) is 0 Å². The van der Waals surface area contributed by atoms with Gasteiger partial charge in [-0.2, -0.15) is 0 Å². The van der Waals surface area contributed by atoms with E-state index in [1.54, 1.807) is 0 Å². The molecule has 1 saturated carbocycles. The van der Waals surface area contributed by atoms with Crippen molar-refractivity contribution in [2.75, 3.05) is 19.5 Å². The van der Waals surface area contributed by atoms with Gasteiger partial charge in [-0.05, 0) is 18.8 Å². The highest BCUT2D eigenvalue weighted by Gasteiger charge is 2.23. The quantitative estimate of drug-likeness (QED) is 0.762. The molecule has 2 rings (SSSR count). The first-order valence-electron chi connectivity index (χ1n) is 5.45. The number of carboxylic acid groups (broad SMARTS) is 1. The van der Waals surface area contributed by atoms with Crippen LogP contribution in [0.5, 0.6) is 11.5 Å². The van der Waals surface area contributed by atoms with Crippen LogP contribution >= 0.6 is 0 Å². The highest BCUT2D eigenvalue weighted by Crippen LogP contribution is 2.35. The van der Waals surface area contributed by atoms with Gasteiger partial charge in [-0.3, -0.25) is 0 Å². The molecule has 0 spiro atoms. The minimum Gasteiger partial charge on any atom is -0.493 e. The van der Waals surface area contributed by atoms with Gasteiger partial charge >= 0.3 is 5.97 Å². The van der Waals surface area contributed by atoms with Crippen molar-refractivity contribution >= 4 is 11.7 Å². The molecule has 1 fully saturated rings. The molecule has 0 atom stereocenters. The average Bonchev–Trinajstić information content (AvgIpc) is 3.10. The lowest BCUT2D eigenvalue weighted by Gasteiger charge is -2.12. The molecule has 1 aliphatic carbocycles. The number of methoxy groups -OCH3 is 1. The van der Waals surface area contributed by atoms with Gasteiger partial charge in [-0.1, -0.05) is 0 Å². The number of anilines is 1. The summed E-state index contributed by atoms with van der Waals surface area (Å²) >= 11 is 0. The van der Waals surface area contributed by atoms with Crippen molar-refractivity contribution in [1.82, 2.24) is 0 Å². The first kappa shape index (κ1) is 11.6. The van der Waals surface area contributed by atoms with E-state index in [-0.39, 0.29) is 11.3 Å². The Morgan fingerprint density at radius 3 is 2.71 bits per heavy atom. The lowest BCUT2D eigenvalue weighted by molar-refractivity contribution is 0.0697. The summed E-state index contributed by atoms with van der Waals surface area (Å²) in [5.41, 5.74) is 5.83. The molecule has 1 aliphatic rings. The van der Waals surface area contributed by atoms with Crippen molar-refractivity contribution in [2.45, 2.75) is 12.8 Å². The minimum absolute atomic E-state index is 0.0385. The summed E-state index contributed by atoms with van der Waals surface area (Å²) in [6.07, 6.45) is 2.34. The predicted octanol–water partition coefficient (Wildman–Crippen LogP) is 1.76. The van der Waals surface area contributed by atoms with E-state index in [9.17, 15) is 4.79 Å². The van der Waals surface area contributed by atoms with E-state index in [2.05, 4.69) is 0 Å². The maximum absolute atomic E-state index is 10.9. The molecule has 92 valence electrons. The highest BCUT2D eigenvalue weighted by molar-refractivity contribution is 5.94. The summed E-state index contributed by atoms with van der Waals surface area (Å²) in [7, 11) is 1.50. The number of benzene rings is 1. The number of carbonyl (C=O) groups is 1. The average molecular weight is 237 g/mol. The summed E-state index contributed by atoms with van der Waals surface area (Å²) in [6, 6.07) is 2.89. The molecule has 0 aromatic heterocycles. The summed E-state index contributed by atoms with van der Waals surface area (Å²) in [5, 5.41) is 8.97. The Bertz CT molecular complexity index is 440. The zero-order chi connectivity index (χ0) is 12.4. The van der Waals surface area contributed by atoms with Crippen molar-refractivity contribution < 1.29 is 19.4 Å². The van der Waals surface area contributed by atoms with Crippen LogP contribution in [0.3, 0.4) is 0 Å². The first-order chi connectivity index (χ1) is 8.11. The van der Waals surface area contributed by atoms with Crippen LogP contribution in [0.2, 0.25) is 0 Å². The fourth-order valence-corrected chi connectivity index (χ4v) is 1.53. The van der Waals surface area contributed by atoms with Crippen molar-refractivity contribution in [3.8, 4) is 11.5 Å². The molecular weight excluding hydrogens is 222 g/mol. The fourth-order valence-electron chi connectivity index (χ4n) is 1.53. The molecule has 5 heteroatoms. The van der Waals surface area contributed by atoms with Gasteiger partial charge in [-0.15, -0.1) is 0 Å². The predicted molar refractivity (Wildman–Crippen MR) is 62.6 cm³/mol. The van der Waals surface area contributed by atoms with Gasteiger partial charge < -0.3 is 20.3 Å². The molecule has 0 saturated heterocycles.